The summed E-state index contributed by atoms with van der Waals surface area (Å²) in [6.07, 6.45) is -8.85. The van der Waals surface area contributed by atoms with Crippen LogP contribution < -0.4 is 9.47 Å². The molecular weight excluding hydrogens is 380 g/mol. The molecule has 3 rings (SSSR count). The van der Waals surface area contributed by atoms with Gasteiger partial charge in [-0.25, -0.2) is 4.68 Å². The minimum atomic E-state index is -4.62. The van der Waals surface area contributed by atoms with Crippen LogP contribution in [0.3, 0.4) is 0 Å². The Bertz CT molecular complexity index is 831. The highest BCUT2D eigenvalue weighted by atomic mass is 19.4. The number of hydrogen-bond donors (Lipinski definition) is 0. The van der Waals surface area contributed by atoms with Gasteiger partial charge in [0.1, 0.15) is 0 Å². The number of halogens is 6. The van der Waals surface area contributed by atoms with Gasteiger partial charge in [0, 0.05) is 31.2 Å². The van der Waals surface area contributed by atoms with E-state index in [2.05, 4.69) is 10.1 Å². The highest BCUT2D eigenvalue weighted by Crippen LogP contribution is 2.50. The van der Waals surface area contributed by atoms with Crippen LogP contribution in [0.15, 0.2) is 18.2 Å². The molecule has 2 unspecified atom stereocenters. The van der Waals surface area contributed by atoms with Gasteiger partial charge in [0.15, 0.2) is 5.69 Å². The van der Waals surface area contributed by atoms with Gasteiger partial charge in [-0.1, -0.05) is 0 Å². The highest BCUT2D eigenvalue weighted by molar-refractivity contribution is 5.30. The zero-order chi connectivity index (χ0) is 20.0. The second-order valence-corrected chi connectivity index (χ2v) is 6.37. The maximum absolute atomic E-state index is 12.7. The van der Waals surface area contributed by atoms with Crippen molar-refractivity contribution in [3.8, 4) is 17.6 Å². The third-order valence-corrected chi connectivity index (χ3v) is 4.05. The van der Waals surface area contributed by atoms with Crippen LogP contribution in [0.1, 0.15) is 17.7 Å². The number of ether oxygens (including phenoxy) is 2. The monoisotopic (exact) mass is 395 g/mol. The van der Waals surface area contributed by atoms with Gasteiger partial charge in [0.25, 0.3) is 0 Å². The van der Waals surface area contributed by atoms with Crippen molar-refractivity contribution < 1.29 is 35.8 Å². The summed E-state index contributed by atoms with van der Waals surface area (Å²) in [6.45, 7) is 1.52. The zero-order valence-electron chi connectivity index (χ0n) is 14.2. The van der Waals surface area contributed by atoms with Gasteiger partial charge in [-0.15, -0.1) is 0 Å². The van der Waals surface area contributed by atoms with E-state index < -0.39 is 29.9 Å². The Morgan fingerprint density at radius 2 is 1.78 bits per heavy atom. The van der Waals surface area contributed by atoms with Crippen LogP contribution in [0.2, 0.25) is 0 Å². The zero-order valence-corrected chi connectivity index (χ0v) is 14.2. The molecule has 1 aliphatic carbocycles. The first-order valence-electron chi connectivity index (χ1n) is 7.91. The lowest BCUT2D eigenvalue weighted by molar-refractivity contribution is -0.151. The van der Waals surface area contributed by atoms with Crippen molar-refractivity contribution >= 4 is 0 Å². The van der Waals surface area contributed by atoms with Crippen LogP contribution in [0, 0.1) is 18.8 Å². The lowest BCUT2D eigenvalue weighted by Crippen LogP contribution is -2.14. The van der Waals surface area contributed by atoms with Crippen molar-refractivity contribution in [2.24, 2.45) is 18.9 Å². The Morgan fingerprint density at radius 3 is 2.33 bits per heavy atom. The molecule has 0 spiro atoms. The van der Waals surface area contributed by atoms with E-state index in [0.29, 0.717) is 5.56 Å². The summed E-state index contributed by atoms with van der Waals surface area (Å²) in [5, 5.41) is 3.32. The number of aryl methyl sites for hydroxylation is 2. The molecule has 11 heteroatoms. The molecule has 27 heavy (non-hydrogen) atoms. The number of hydrogen-bond acceptors (Lipinski definition) is 4. The predicted molar refractivity (Wildman–Crippen MR) is 80.4 cm³/mol. The van der Waals surface area contributed by atoms with Crippen molar-refractivity contribution in [1.29, 1.82) is 0 Å². The number of aromatic nitrogens is 3. The smallest absolute Gasteiger partial charge is 0.435 e. The minimum Gasteiger partial charge on any atom is -0.477 e. The Kier molecular flexibility index (Phi) is 4.73. The van der Waals surface area contributed by atoms with E-state index in [-0.39, 0.29) is 30.7 Å². The van der Waals surface area contributed by atoms with Gasteiger partial charge in [0.2, 0.25) is 17.6 Å². The predicted octanol–water partition coefficient (Wildman–Crippen LogP) is 4.51. The molecule has 2 heterocycles. The summed E-state index contributed by atoms with van der Waals surface area (Å²) in [7, 11) is 1.28. The number of alkyl halides is 6. The molecule has 2 aromatic rings. The van der Waals surface area contributed by atoms with E-state index in [1.54, 1.807) is 6.92 Å². The van der Waals surface area contributed by atoms with Crippen molar-refractivity contribution in [3.63, 3.8) is 0 Å². The van der Waals surface area contributed by atoms with Gasteiger partial charge < -0.3 is 9.47 Å². The number of pyridine rings is 1. The Balaban J connectivity index is 1.68. The van der Waals surface area contributed by atoms with E-state index >= 15 is 0 Å². The first-order valence-corrected chi connectivity index (χ1v) is 7.91. The molecule has 148 valence electrons. The maximum Gasteiger partial charge on any atom is 0.435 e. The average Bonchev–Trinajstić information content (AvgIpc) is 3.22. The second kappa shape index (κ2) is 6.61. The molecule has 0 amide bonds. The molecular formula is C16H15F6N3O2. The van der Waals surface area contributed by atoms with Crippen LogP contribution in [-0.2, 0) is 13.2 Å². The SMILES string of the molecule is Cc1cc(OCC2CC2C(F)(F)F)nc(Oc2cc(C(F)(F)F)nn2C)c1. The topological polar surface area (TPSA) is 49.2 Å². The van der Waals surface area contributed by atoms with Crippen LogP contribution in [0.25, 0.3) is 0 Å². The summed E-state index contributed by atoms with van der Waals surface area (Å²) >= 11 is 0. The average molecular weight is 395 g/mol. The largest absolute Gasteiger partial charge is 0.477 e. The Labute approximate surface area is 149 Å². The molecule has 5 nitrogen and oxygen atoms in total. The fourth-order valence-corrected chi connectivity index (χ4v) is 2.55. The molecule has 2 atom stereocenters. The number of rotatable bonds is 5. The normalized spacial score (nSPS) is 19.9. The molecule has 1 aliphatic rings. The van der Waals surface area contributed by atoms with Crippen LogP contribution >= 0.6 is 0 Å². The molecule has 2 aromatic heterocycles. The lowest BCUT2D eigenvalue weighted by atomic mass is 10.3. The van der Waals surface area contributed by atoms with Crippen LogP contribution in [0.4, 0.5) is 26.3 Å². The summed E-state index contributed by atoms with van der Waals surface area (Å²) in [6, 6.07) is 3.69. The minimum absolute atomic E-state index is 0.00785. The van der Waals surface area contributed by atoms with Crippen molar-refractivity contribution in [3.05, 3.63) is 29.5 Å². The van der Waals surface area contributed by atoms with Crippen LogP contribution in [-0.4, -0.2) is 27.5 Å². The van der Waals surface area contributed by atoms with E-state index in [4.69, 9.17) is 9.47 Å². The fraction of sp³-hybridized carbons (Fsp3) is 0.500. The fourth-order valence-electron chi connectivity index (χ4n) is 2.55. The molecule has 0 aliphatic heterocycles. The second-order valence-electron chi connectivity index (χ2n) is 6.37. The summed E-state index contributed by atoms with van der Waals surface area (Å²) in [5.74, 6) is -2.19. The van der Waals surface area contributed by atoms with E-state index in [1.165, 1.54) is 19.2 Å². The first-order chi connectivity index (χ1) is 12.4. The van der Waals surface area contributed by atoms with Gasteiger partial charge in [-0.3, -0.25) is 0 Å². The third kappa shape index (κ3) is 4.64. The van der Waals surface area contributed by atoms with Gasteiger partial charge in [0.05, 0.1) is 12.5 Å². The first kappa shape index (κ1) is 19.3. The third-order valence-electron chi connectivity index (χ3n) is 4.05. The van der Waals surface area contributed by atoms with Crippen molar-refractivity contribution in [2.45, 2.75) is 25.7 Å². The quantitative estimate of drug-likeness (QED) is 0.699. The molecule has 0 N–H and O–H groups in total. The molecule has 0 aromatic carbocycles. The molecule has 0 bridgehead atoms. The van der Waals surface area contributed by atoms with Gasteiger partial charge in [-0.2, -0.15) is 36.4 Å². The van der Waals surface area contributed by atoms with E-state index in [9.17, 15) is 26.3 Å². The lowest BCUT2D eigenvalue weighted by Gasteiger charge is -2.10. The molecule has 1 fully saturated rings. The molecule has 0 radical (unpaired) electrons. The van der Waals surface area contributed by atoms with Crippen LogP contribution in [0.5, 0.6) is 17.6 Å². The van der Waals surface area contributed by atoms with E-state index in [0.717, 1.165) is 10.7 Å². The summed E-state index contributed by atoms with van der Waals surface area (Å²) in [5.41, 5.74) is -0.493. The maximum atomic E-state index is 12.7. The molecule has 1 saturated carbocycles. The van der Waals surface area contributed by atoms with Gasteiger partial charge in [-0.05, 0) is 18.9 Å². The molecule has 0 saturated heterocycles. The van der Waals surface area contributed by atoms with Gasteiger partial charge >= 0.3 is 12.4 Å². The van der Waals surface area contributed by atoms with E-state index in [1.807, 2.05) is 0 Å². The Hall–Kier alpha value is -2.46. The highest BCUT2D eigenvalue weighted by Gasteiger charge is 2.55. The van der Waals surface area contributed by atoms with Crippen molar-refractivity contribution in [2.75, 3.05) is 6.61 Å². The number of nitrogens with zero attached hydrogens (tertiary/aromatic N) is 3. The van der Waals surface area contributed by atoms with Crippen molar-refractivity contribution in [1.82, 2.24) is 14.8 Å². The standard InChI is InChI=1S/C16H15F6N3O2/c1-8-3-12(26-7-9-5-10(9)15(17,18)19)23-13(4-8)27-14-6-11(16(20,21)22)24-25(14)2/h3-4,6,9-10H,5,7H2,1-2H3. The summed E-state index contributed by atoms with van der Waals surface area (Å²) < 4.78 is 87.2. The summed E-state index contributed by atoms with van der Waals surface area (Å²) in [4.78, 5) is 3.98. The Morgan fingerprint density at radius 1 is 1.11 bits per heavy atom.